The minimum Gasteiger partial charge on any atom is -0.457 e. The zero-order valence-electron chi connectivity index (χ0n) is 15.2. The summed E-state index contributed by atoms with van der Waals surface area (Å²) in [5.41, 5.74) is 1.84. The molecule has 1 aliphatic heterocycles. The highest BCUT2D eigenvalue weighted by Crippen LogP contribution is 2.27. The second kappa shape index (κ2) is 7.82. The first-order valence-corrected chi connectivity index (χ1v) is 8.89. The number of para-hydroxylation sites is 1. The van der Waals surface area contributed by atoms with Gasteiger partial charge < -0.3 is 10.1 Å². The van der Waals surface area contributed by atoms with Crippen molar-refractivity contribution in [1.29, 1.82) is 0 Å². The lowest BCUT2D eigenvalue weighted by Gasteiger charge is -2.13. The van der Waals surface area contributed by atoms with Gasteiger partial charge in [-0.2, -0.15) is 0 Å². The highest BCUT2D eigenvalue weighted by molar-refractivity contribution is 6.28. The molecule has 0 aromatic heterocycles. The van der Waals surface area contributed by atoms with Crippen molar-refractivity contribution >= 4 is 30.0 Å². The summed E-state index contributed by atoms with van der Waals surface area (Å²) in [5, 5.41) is 2.58. The SMILES string of the molecule is O=Cc1ccc(/C=C2\NC(=O)N(c3ccc(Oc4ccccc4)cc3)C2=O)cc1. The lowest BCUT2D eigenvalue weighted by atomic mass is 10.1. The number of ether oxygens (including phenoxy) is 1. The summed E-state index contributed by atoms with van der Waals surface area (Å²) in [7, 11) is 0. The van der Waals surface area contributed by atoms with Crippen LogP contribution in [0, 0.1) is 0 Å². The Balaban J connectivity index is 1.52. The second-order valence-corrected chi connectivity index (χ2v) is 6.32. The van der Waals surface area contributed by atoms with Crippen molar-refractivity contribution in [2.75, 3.05) is 4.90 Å². The zero-order chi connectivity index (χ0) is 20.2. The zero-order valence-corrected chi connectivity index (χ0v) is 15.2. The normalized spacial score (nSPS) is 14.8. The lowest BCUT2D eigenvalue weighted by Crippen LogP contribution is -2.30. The van der Waals surface area contributed by atoms with Gasteiger partial charge >= 0.3 is 6.03 Å². The number of hydrogen-bond donors (Lipinski definition) is 1. The van der Waals surface area contributed by atoms with Crippen molar-refractivity contribution in [3.8, 4) is 11.5 Å². The molecule has 0 unspecified atom stereocenters. The van der Waals surface area contributed by atoms with Crippen LogP contribution in [-0.2, 0) is 4.79 Å². The van der Waals surface area contributed by atoms with E-state index in [0.717, 1.165) is 11.2 Å². The van der Waals surface area contributed by atoms with Gasteiger partial charge in [-0.3, -0.25) is 9.59 Å². The topological polar surface area (TPSA) is 75.7 Å². The van der Waals surface area contributed by atoms with Crippen LogP contribution in [0.3, 0.4) is 0 Å². The van der Waals surface area contributed by atoms with Gasteiger partial charge in [0.2, 0.25) is 0 Å². The summed E-state index contributed by atoms with van der Waals surface area (Å²) in [6, 6.07) is 22.2. The molecule has 0 bridgehead atoms. The highest BCUT2D eigenvalue weighted by atomic mass is 16.5. The first-order valence-electron chi connectivity index (χ1n) is 8.89. The number of imide groups is 1. The minimum atomic E-state index is -0.525. The Labute approximate surface area is 167 Å². The van der Waals surface area contributed by atoms with Crippen LogP contribution < -0.4 is 15.0 Å². The number of hydrogen-bond acceptors (Lipinski definition) is 4. The first-order chi connectivity index (χ1) is 14.1. The molecule has 3 aromatic rings. The van der Waals surface area contributed by atoms with E-state index in [-0.39, 0.29) is 5.70 Å². The molecule has 3 amide bonds. The fourth-order valence-corrected chi connectivity index (χ4v) is 2.89. The largest absolute Gasteiger partial charge is 0.457 e. The summed E-state index contributed by atoms with van der Waals surface area (Å²) in [6.45, 7) is 0. The van der Waals surface area contributed by atoms with Crippen LogP contribution >= 0.6 is 0 Å². The van der Waals surface area contributed by atoms with E-state index in [1.807, 2.05) is 30.3 Å². The number of nitrogens with zero attached hydrogens (tertiary/aromatic N) is 1. The average molecular weight is 384 g/mol. The monoisotopic (exact) mass is 384 g/mol. The van der Waals surface area contributed by atoms with E-state index >= 15 is 0 Å². The Morgan fingerprint density at radius 3 is 2.03 bits per heavy atom. The number of carbonyl (C=O) groups excluding carboxylic acids is 3. The van der Waals surface area contributed by atoms with Gasteiger partial charge in [0, 0.05) is 5.56 Å². The molecule has 0 radical (unpaired) electrons. The van der Waals surface area contributed by atoms with Crippen LogP contribution in [0.5, 0.6) is 11.5 Å². The van der Waals surface area contributed by atoms with Crippen LogP contribution in [0.4, 0.5) is 10.5 Å². The number of anilines is 1. The van der Waals surface area contributed by atoms with Crippen molar-refractivity contribution in [1.82, 2.24) is 5.32 Å². The fourth-order valence-electron chi connectivity index (χ4n) is 2.89. The van der Waals surface area contributed by atoms with E-state index in [1.165, 1.54) is 0 Å². The van der Waals surface area contributed by atoms with Gasteiger partial charge in [0.1, 0.15) is 23.5 Å². The molecule has 0 spiro atoms. The second-order valence-electron chi connectivity index (χ2n) is 6.32. The van der Waals surface area contributed by atoms with Crippen LogP contribution in [0.2, 0.25) is 0 Å². The molecule has 1 saturated heterocycles. The maximum Gasteiger partial charge on any atom is 0.333 e. The van der Waals surface area contributed by atoms with Crippen molar-refractivity contribution < 1.29 is 19.1 Å². The predicted molar refractivity (Wildman–Crippen MR) is 109 cm³/mol. The Morgan fingerprint density at radius 2 is 1.38 bits per heavy atom. The van der Waals surface area contributed by atoms with E-state index in [4.69, 9.17) is 4.74 Å². The number of benzene rings is 3. The molecule has 6 nitrogen and oxygen atoms in total. The maximum absolute atomic E-state index is 12.7. The number of rotatable bonds is 5. The molecule has 0 aliphatic carbocycles. The molecule has 0 saturated carbocycles. The Morgan fingerprint density at radius 1 is 0.759 bits per heavy atom. The number of aldehydes is 1. The third-order valence-corrected chi connectivity index (χ3v) is 4.34. The smallest absolute Gasteiger partial charge is 0.333 e. The minimum absolute atomic E-state index is 0.165. The summed E-state index contributed by atoms with van der Waals surface area (Å²) < 4.78 is 5.73. The molecule has 0 atom stereocenters. The molecule has 1 N–H and O–H groups in total. The van der Waals surface area contributed by atoms with Crippen molar-refractivity contribution in [2.24, 2.45) is 0 Å². The van der Waals surface area contributed by atoms with E-state index in [9.17, 15) is 14.4 Å². The first kappa shape index (κ1) is 18.2. The lowest BCUT2D eigenvalue weighted by molar-refractivity contribution is -0.113. The Kier molecular flexibility index (Phi) is 4.90. The van der Waals surface area contributed by atoms with Crippen LogP contribution in [-0.4, -0.2) is 18.2 Å². The summed E-state index contributed by atoms with van der Waals surface area (Å²) in [5.74, 6) is 0.838. The van der Waals surface area contributed by atoms with Gasteiger partial charge in [-0.1, -0.05) is 42.5 Å². The number of nitrogens with one attached hydrogen (secondary N) is 1. The molecular weight excluding hydrogens is 368 g/mol. The number of urea groups is 1. The van der Waals surface area contributed by atoms with Gasteiger partial charge in [0.15, 0.2) is 0 Å². The summed E-state index contributed by atoms with van der Waals surface area (Å²) in [4.78, 5) is 36.9. The highest BCUT2D eigenvalue weighted by Gasteiger charge is 2.34. The Hall–Kier alpha value is -4.19. The van der Waals surface area contributed by atoms with Gasteiger partial charge in [0.05, 0.1) is 5.69 Å². The van der Waals surface area contributed by atoms with Crippen molar-refractivity contribution in [2.45, 2.75) is 0 Å². The van der Waals surface area contributed by atoms with E-state index < -0.39 is 11.9 Å². The molecule has 142 valence electrons. The fraction of sp³-hybridized carbons (Fsp3) is 0. The Bertz CT molecular complexity index is 1090. The van der Waals surface area contributed by atoms with Crippen molar-refractivity contribution in [3.05, 3.63) is 95.7 Å². The quantitative estimate of drug-likeness (QED) is 0.402. The van der Waals surface area contributed by atoms with Gasteiger partial charge in [-0.05, 0) is 48.0 Å². The molecule has 29 heavy (non-hydrogen) atoms. The van der Waals surface area contributed by atoms with Gasteiger partial charge in [-0.25, -0.2) is 9.69 Å². The molecule has 3 aromatic carbocycles. The van der Waals surface area contributed by atoms with Gasteiger partial charge in [-0.15, -0.1) is 0 Å². The number of amides is 3. The van der Waals surface area contributed by atoms with E-state index in [1.54, 1.807) is 54.6 Å². The molecule has 6 heteroatoms. The molecule has 4 rings (SSSR count). The molecular formula is C23H16N2O4. The van der Waals surface area contributed by atoms with Crippen LogP contribution in [0.25, 0.3) is 6.08 Å². The third kappa shape index (κ3) is 3.91. The number of carbonyl (C=O) groups is 3. The maximum atomic E-state index is 12.7. The molecule has 1 fully saturated rings. The third-order valence-electron chi connectivity index (χ3n) is 4.34. The predicted octanol–water partition coefficient (Wildman–Crippen LogP) is 4.39. The standard InChI is InChI=1S/C23H16N2O4/c26-15-17-8-6-16(7-9-17)14-21-22(27)25(23(28)24-21)18-10-12-20(13-11-18)29-19-4-2-1-3-5-19/h1-15H,(H,24,28)/b21-14-. The summed E-state index contributed by atoms with van der Waals surface area (Å²) in [6.07, 6.45) is 2.31. The average Bonchev–Trinajstić information content (AvgIpc) is 3.03. The van der Waals surface area contributed by atoms with Crippen LogP contribution in [0.1, 0.15) is 15.9 Å². The van der Waals surface area contributed by atoms with Gasteiger partial charge in [0.25, 0.3) is 5.91 Å². The molecule has 1 aliphatic rings. The summed E-state index contributed by atoms with van der Waals surface area (Å²) >= 11 is 0. The van der Waals surface area contributed by atoms with E-state index in [0.29, 0.717) is 28.3 Å². The van der Waals surface area contributed by atoms with E-state index in [2.05, 4.69) is 5.32 Å². The van der Waals surface area contributed by atoms with Crippen LogP contribution in [0.15, 0.2) is 84.6 Å². The molecule has 1 heterocycles. The van der Waals surface area contributed by atoms with Crippen molar-refractivity contribution in [3.63, 3.8) is 0 Å².